The third-order valence-corrected chi connectivity index (χ3v) is 5.99. The minimum atomic E-state index is 0.186. The van der Waals surface area contributed by atoms with Crippen LogP contribution in [0.25, 0.3) is 0 Å². The molecule has 0 aromatic heterocycles. The lowest BCUT2D eigenvalue weighted by Crippen LogP contribution is -2.42. The van der Waals surface area contributed by atoms with Crippen molar-refractivity contribution in [3.63, 3.8) is 0 Å². The fourth-order valence-electron chi connectivity index (χ4n) is 3.11. The maximum Gasteiger partial charge on any atom is 0.232 e. The van der Waals surface area contributed by atoms with E-state index in [-0.39, 0.29) is 12.0 Å². The van der Waals surface area contributed by atoms with Gasteiger partial charge in [-0.1, -0.05) is 6.07 Å². The van der Waals surface area contributed by atoms with E-state index in [2.05, 4.69) is 26.0 Å². The van der Waals surface area contributed by atoms with E-state index in [0.29, 0.717) is 5.75 Å². The summed E-state index contributed by atoms with van der Waals surface area (Å²) in [6.45, 7) is 5.73. The van der Waals surface area contributed by atoms with Crippen molar-refractivity contribution >= 4 is 17.7 Å². The van der Waals surface area contributed by atoms with Crippen molar-refractivity contribution < 1.29 is 14.3 Å². The second-order valence-electron chi connectivity index (χ2n) is 6.91. The van der Waals surface area contributed by atoms with Crippen LogP contribution in [-0.4, -0.2) is 42.9 Å². The van der Waals surface area contributed by atoms with E-state index in [1.807, 2.05) is 35.2 Å². The summed E-state index contributed by atoms with van der Waals surface area (Å²) in [7, 11) is 1.65. The highest BCUT2D eigenvalue weighted by Crippen LogP contribution is 2.24. The maximum atomic E-state index is 12.5. The van der Waals surface area contributed by atoms with Gasteiger partial charge in [0.15, 0.2) is 0 Å². The fourth-order valence-corrected chi connectivity index (χ4v) is 3.91. The molecular weight excluding hydrogens is 358 g/mol. The summed E-state index contributed by atoms with van der Waals surface area (Å²) in [6.07, 6.45) is 1.95. The number of nitrogens with zero attached hydrogens (tertiary/aromatic N) is 1. The molecule has 0 saturated carbocycles. The molecule has 4 nitrogen and oxygen atoms in total. The number of amides is 1. The van der Waals surface area contributed by atoms with Crippen LogP contribution in [0.4, 0.5) is 0 Å². The Kier molecular flexibility index (Phi) is 6.67. The van der Waals surface area contributed by atoms with Crippen molar-refractivity contribution in [2.45, 2.75) is 37.7 Å². The second-order valence-corrected chi connectivity index (χ2v) is 7.96. The van der Waals surface area contributed by atoms with Crippen LogP contribution in [0, 0.1) is 13.8 Å². The summed E-state index contributed by atoms with van der Waals surface area (Å²) >= 11 is 1.57. The first kappa shape index (κ1) is 19.6. The highest BCUT2D eigenvalue weighted by molar-refractivity contribution is 8.00. The molecule has 0 unspecified atom stereocenters. The molecule has 0 aliphatic carbocycles. The minimum Gasteiger partial charge on any atom is -0.497 e. The molecule has 0 atom stereocenters. The Bertz CT molecular complexity index is 768. The van der Waals surface area contributed by atoms with Crippen molar-refractivity contribution in [1.82, 2.24) is 4.90 Å². The van der Waals surface area contributed by atoms with Crippen LogP contribution < -0.4 is 9.47 Å². The Morgan fingerprint density at radius 3 is 2.33 bits per heavy atom. The number of carbonyl (C=O) groups is 1. The van der Waals surface area contributed by atoms with Crippen LogP contribution in [-0.2, 0) is 4.79 Å². The lowest BCUT2D eigenvalue weighted by atomic mass is 10.1. The quantitative estimate of drug-likeness (QED) is 0.688. The predicted molar refractivity (Wildman–Crippen MR) is 110 cm³/mol. The van der Waals surface area contributed by atoms with Crippen molar-refractivity contribution in [3.05, 3.63) is 53.6 Å². The normalized spacial score (nSPS) is 14.9. The third-order valence-electron chi connectivity index (χ3n) is 5.00. The number of benzene rings is 2. The summed E-state index contributed by atoms with van der Waals surface area (Å²) in [5, 5.41) is 0. The highest BCUT2D eigenvalue weighted by Gasteiger charge is 2.24. The Morgan fingerprint density at radius 2 is 1.70 bits per heavy atom. The molecule has 5 heteroatoms. The van der Waals surface area contributed by atoms with Gasteiger partial charge in [0, 0.05) is 30.8 Å². The zero-order valence-electron chi connectivity index (χ0n) is 16.2. The number of piperidine rings is 1. The summed E-state index contributed by atoms with van der Waals surface area (Å²) < 4.78 is 11.3. The zero-order valence-corrected chi connectivity index (χ0v) is 17.1. The van der Waals surface area contributed by atoms with Crippen LogP contribution in [0.5, 0.6) is 11.5 Å². The van der Waals surface area contributed by atoms with Gasteiger partial charge in [0.25, 0.3) is 0 Å². The summed E-state index contributed by atoms with van der Waals surface area (Å²) in [4.78, 5) is 15.5. The van der Waals surface area contributed by atoms with E-state index in [1.54, 1.807) is 18.9 Å². The number of carbonyl (C=O) groups excluding carboxylic acids is 1. The number of thioether (sulfide) groups is 1. The van der Waals surface area contributed by atoms with Crippen molar-refractivity contribution in [1.29, 1.82) is 0 Å². The monoisotopic (exact) mass is 385 g/mol. The molecule has 0 spiro atoms. The molecule has 144 valence electrons. The lowest BCUT2D eigenvalue weighted by Gasteiger charge is -2.32. The average Bonchev–Trinajstić information content (AvgIpc) is 2.70. The molecule has 0 N–H and O–H groups in total. The molecule has 0 bridgehead atoms. The highest BCUT2D eigenvalue weighted by atomic mass is 32.2. The minimum absolute atomic E-state index is 0.186. The van der Waals surface area contributed by atoms with Gasteiger partial charge in [-0.25, -0.2) is 0 Å². The maximum absolute atomic E-state index is 12.5. The average molecular weight is 386 g/mol. The van der Waals surface area contributed by atoms with Crippen molar-refractivity contribution in [2.24, 2.45) is 0 Å². The largest absolute Gasteiger partial charge is 0.497 e. The standard InChI is InChI=1S/C22H27NO3S/c1-16-4-5-20(14-17(16)2)26-19-10-12-23(13-11-19)22(24)15-27-21-8-6-18(25-3)7-9-21/h4-9,14,19H,10-13,15H2,1-3H3. The molecule has 0 radical (unpaired) electrons. The van der Waals surface area contributed by atoms with Crippen LogP contribution in [0.2, 0.25) is 0 Å². The van der Waals surface area contributed by atoms with E-state index in [4.69, 9.17) is 9.47 Å². The van der Waals surface area contributed by atoms with E-state index in [0.717, 1.165) is 42.3 Å². The topological polar surface area (TPSA) is 38.8 Å². The summed E-state index contributed by atoms with van der Waals surface area (Å²) in [5.41, 5.74) is 2.52. The lowest BCUT2D eigenvalue weighted by molar-refractivity contribution is -0.130. The Balaban J connectivity index is 1.43. The first-order valence-electron chi connectivity index (χ1n) is 9.33. The van der Waals surface area contributed by atoms with Gasteiger partial charge in [-0.3, -0.25) is 4.79 Å². The Hall–Kier alpha value is -2.14. The third kappa shape index (κ3) is 5.42. The van der Waals surface area contributed by atoms with Crippen LogP contribution in [0.1, 0.15) is 24.0 Å². The Labute approximate surface area is 165 Å². The predicted octanol–water partition coefficient (Wildman–Crippen LogP) is 4.47. The van der Waals surface area contributed by atoms with Crippen LogP contribution in [0.3, 0.4) is 0 Å². The van der Waals surface area contributed by atoms with E-state index in [1.165, 1.54) is 11.1 Å². The van der Waals surface area contributed by atoms with Crippen molar-refractivity contribution in [2.75, 3.05) is 26.0 Å². The Morgan fingerprint density at radius 1 is 1.04 bits per heavy atom. The smallest absolute Gasteiger partial charge is 0.232 e. The number of aryl methyl sites for hydroxylation is 2. The van der Waals surface area contributed by atoms with Gasteiger partial charge in [-0.05, 0) is 61.4 Å². The van der Waals surface area contributed by atoms with Crippen LogP contribution >= 0.6 is 11.8 Å². The van der Waals surface area contributed by atoms with E-state index < -0.39 is 0 Å². The van der Waals surface area contributed by atoms with Gasteiger partial charge < -0.3 is 14.4 Å². The fraction of sp³-hybridized carbons (Fsp3) is 0.409. The molecule has 27 heavy (non-hydrogen) atoms. The number of methoxy groups -OCH3 is 1. The van der Waals surface area contributed by atoms with Gasteiger partial charge in [-0.15, -0.1) is 11.8 Å². The summed E-state index contributed by atoms with van der Waals surface area (Å²) in [5.74, 6) is 2.42. The molecule has 1 fully saturated rings. The first-order chi connectivity index (χ1) is 13.0. The molecule has 1 aliphatic rings. The van der Waals surface area contributed by atoms with Gasteiger partial charge >= 0.3 is 0 Å². The molecule has 3 rings (SSSR count). The van der Waals surface area contributed by atoms with E-state index in [9.17, 15) is 4.79 Å². The van der Waals surface area contributed by atoms with Gasteiger partial charge in [0.2, 0.25) is 5.91 Å². The second kappa shape index (κ2) is 9.18. The van der Waals surface area contributed by atoms with Crippen LogP contribution in [0.15, 0.2) is 47.4 Å². The van der Waals surface area contributed by atoms with Gasteiger partial charge in [-0.2, -0.15) is 0 Å². The van der Waals surface area contributed by atoms with Gasteiger partial charge in [0.05, 0.1) is 12.9 Å². The first-order valence-corrected chi connectivity index (χ1v) is 10.3. The molecule has 1 heterocycles. The molecular formula is C22H27NO3S. The number of likely N-dealkylation sites (tertiary alicyclic amines) is 1. The number of hydrogen-bond acceptors (Lipinski definition) is 4. The molecule has 2 aromatic rings. The number of hydrogen-bond donors (Lipinski definition) is 0. The molecule has 1 saturated heterocycles. The summed E-state index contributed by atoms with van der Waals surface area (Å²) in [6, 6.07) is 14.0. The molecule has 1 aliphatic heterocycles. The molecule has 1 amide bonds. The zero-order chi connectivity index (χ0) is 19.2. The van der Waals surface area contributed by atoms with Gasteiger partial charge in [0.1, 0.15) is 17.6 Å². The van der Waals surface area contributed by atoms with E-state index >= 15 is 0 Å². The molecule has 2 aromatic carbocycles. The number of rotatable bonds is 6. The SMILES string of the molecule is COc1ccc(SCC(=O)N2CCC(Oc3ccc(C)c(C)c3)CC2)cc1. The number of ether oxygens (including phenoxy) is 2. The van der Waals surface area contributed by atoms with Crippen molar-refractivity contribution in [3.8, 4) is 11.5 Å².